The first-order valence-electron chi connectivity index (χ1n) is 9.40. The van der Waals surface area contributed by atoms with Gasteiger partial charge >= 0.3 is 6.18 Å². The maximum Gasteiger partial charge on any atom is 0.434 e. The van der Waals surface area contributed by atoms with Gasteiger partial charge < -0.3 is 10.2 Å². The number of rotatable bonds is 3. The van der Waals surface area contributed by atoms with E-state index < -0.39 is 23.3 Å². The van der Waals surface area contributed by atoms with E-state index in [1.54, 1.807) is 18.2 Å². The van der Waals surface area contributed by atoms with Crippen LogP contribution in [0, 0.1) is 0 Å². The molecule has 28 heavy (non-hydrogen) atoms. The lowest BCUT2D eigenvalue weighted by Gasteiger charge is -2.32. The summed E-state index contributed by atoms with van der Waals surface area (Å²) in [7, 11) is 0. The number of carbonyl (C=O) groups is 1. The summed E-state index contributed by atoms with van der Waals surface area (Å²) in [5, 5.41) is 7.17. The highest BCUT2D eigenvalue weighted by molar-refractivity contribution is 5.95. The number of likely N-dealkylation sites (tertiary alicyclic amines) is 1. The number of halogens is 3. The van der Waals surface area contributed by atoms with Gasteiger partial charge in [0.25, 0.3) is 5.91 Å². The summed E-state index contributed by atoms with van der Waals surface area (Å²) in [6.45, 7) is 4.49. The van der Waals surface area contributed by atoms with Gasteiger partial charge in [-0.15, -0.1) is 0 Å². The fourth-order valence-electron chi connectivity index (χ4n) is 3.98. The third-order valence-corrected chi connectivity index (χ3v) is 5.39. The molecular weight excluding hydrogens is 371 g/mol. The van der Waals surface area contributed by atoms with Gasteiger partial charge in [0.2, 0.25) is 0 Å². The normalized spacial score (nSPS) is 21.2. The number of alkyl halides is 3. The lowest BCUT2D eigenvalue weighted by Crippen LogP contribution is -2.49. The van der Waals surface area contributed by atoms with E-state index in [1.165, 1.54) is 17.0 Å². The first kappa shape index (κ1) is 18.9. The van der Waals surface area contributed by atoms with Crippen LogP contribution in [-0.2, 0) is 6.18 Å². The monoisotopic (exact) mass is 393 g/mol. The van der Waals surface area contributed by atoms with Crippen LogP contribution in [0.2, 0.25) is 0 Å². The smallest absolute Gasteiger partial charge is 0.337 e. The van der Waals surface area contributed by atoms with Gasteiger partial charge in [-0.25, -0.2) is 4.68 Å². The van der Waals surface area contributed by atoms with Crippen molar-refractivity contribution < 1.29 is 18.0 Å². The molecule has 2 aliphatic heterocycles. The Morgan fingerprint density at radius 2 is 1.82 bits per heavy atom. The van der Waals surface area contributed by atoms with Crippen LogP contribution in [0.4, 0.5) is 13.2 Å². The lowest BCUT2D eigenvalue weighted by atomic mass is 10.2. The van der Waals surface area contributed by atoms with Crippen molar-refractivity contribution in [1.82, 2.24) is 24.9 Å². The van der Waals surface area contributed by atoms with Crippen LogP contribution in [0.5, 0.6) is 0 Å². The third-order valence-electron chi connectivity index (χ3n) is 5.39. The average Bonchev–Trinajstić information content (AvgIpc) is 3.36. The third kappa shape index (κ3) is 3.64. The van der Waals surface area contributed by atoms with E-state index in [2.05, 4.69) is 15.3 Å². The Morgan fingerprint density at radius 3 is 2.50 bits per heavy atom. The number of nitrogens with one attached hydrogen (secondary N) is 1. The second kappa shape index (κ2) is 7.56. The summed E-state index contributed by atoms with van der Waals surface area (Å²) in [6, 6.07) is 8.25. The Hall–Kier alpha value is -2.39. The molecule has 4 rings (SSSR count). The van der Waals surface area contributed by atoms with Crippen molar-refractivity contribution in [3.8, 4) is 5.69 Å². The standard InChI is InChI=1S/C19H22F3N5O/c20-19(21,22)17-16(12-24-27(17)14-4-2-1-3-5-14)18(28)26-9-6-15(13-26)25-10-7-23-8-11-25/h1-5,12,15,23H,6-11,13H2. The molecule has 1 aromatic carbocycles. The van der Waals surface area contributed by atoms with Crippen LogP contribution in [-0.4, -0.2) is 70.8 Å². The fraction of sp³-hybridized carbons (Fsp3) is 0.474. The summed E-state index contributed by atoms with van der Waals surface area (Å²) in [6.07, 6.45) is -2.87. The predicted octanol–water partition coefficient (Wildman–Crippen LogP) is 2.01. The van der Waals surface area contributed by atoms with Gasteiger partial charge in [-0.3, -0.25) is 9.69 Å². The molecule has 2 saturated heterocycles. The van der Waals surface area contributed by atoms with Gasteiger partial charge in [0.15, 0.2) is 5.69 Å². The van der Waals surface area contributed by atoms with E-state index in [9.17, 15) is 18.0 Å². The largest absolute Gasteiger partial charge is 0.434 e. The molecule has 2 fully saturated rings. The van der Waals surface area contributed by atoms with E-state index >= 15 is 0 Å². The highest BCUT2D eigenvalue weighted by Gasteiger charge is 2.42. The zero-order valence-electron chi connectivity index (χ0n) is 15.3. The highest BCUT2D eigenvalue weighted by Crippen LogP contribution is 2.34. The summed E-state index contributed by atoms with van der Waals surface area (Å²) in [4.78, 5) is 16.8. The maximum atomic E-state index is 13.8. The van der Waals surface area contributed by atoms with Crippen LogP contribution in [0.15, 0.2) is 36.5 Å². The molecular formula is C19H22F3N5O. The minimum atomic E-state index is -4.69. The van der Waals surface area contributed by atoms with E-state index in [4.69, 9.17) is 0 Å². The van der Waals surface area contributed by atoms with Crippen molar-refractivity contribution in [2.45, 2.75) is 18.6 Å². The highest BCUT2D eigenvalue weighted by atomic mass is 19.4. The predicted molar refractivity (Wildman–Crippen MR) is 97.3 cm³/mol. The molecule has 6 nitrogen and oxygen atoms in total. The average molecular weight is 393 g/mol. The minimum absolute atomic E-state index is 0.199. The molecule has 2 aliphatic rings. The topological polar surface area (TPSA) is 53.4 Å². The van der Waals surface area contributed by atoms with Crippen LogP contribution < -0.4 is 5.32 Å². The van der Waals surface area contributed by atoms with Gasteiger partial charge in [-0.1, -0.05) is 18.2 Å². The molecule has 9 heteroatoms. The van der Waals surface area contributed by atoms with Crippen molar-refractivity contribution in [1.29, 1.82) is 0 Å². The second-order valence-corrected chi connectivity index (χ2v) is 7.13. The maximum absolute atomic E-state index is 13.8. The van der Waals surface area contributed by atoms with Gasteiger partial charge in [-0.05, 0) is 18.6 Å². The lowest BCUT2D eigenvalue weighted by molar-refractivity contribution is -0.143. The summed E-state index contributed by atoms with van der Waals surface area (Å²) in [5.74, 6) is -0.604. The van der Waals surface area contributed by atoms with Crippen molar-refractivity contribution in [2.75, 3.05) is 39.3 Å². The van der Waals surface area contributed by atoms with E-state index in [1.807, 2.05) is 0 Å². The second-order valence-electron chi connectivity index (χ2n) is 7.13. The first-order chi connectivity index (χ1) is 13.4. The molecule has 1 amide bonds. The molecule has 0 radical (unpaired) electrons. The van der Waals surface area contributed by atoms with Crippen molar-refractivity contribution >= 4 is 5.91 Å². The SMILES string of the molecule is O=C(c1cnn(-c2ccccc2)c1C(F)(F)F)N1CCC(N2CCNCC2)C1. The van der Waals surface area contributed by atoms with E-state index in [-0.39, 0.29) is 11.7 Å². The minimum Gasteiger partial charge on any atom is -0.337 e. The number of para-hydroxylation sites is 1. The van der Waals surface area contributed by atoms with E-state index in [0.29, 0.717) is 13.1 Å². The first-order valence-corrected chi connectivity index (χ1v) is 9.40. The Kier molecular flexibility index (Phi) is 5.11. The number of hydrogen-bond acceptors (Lipinski definition) is 4. The summed E-state index contributed by atoms with van der Waals surface area (Å²) >= 11 is 0. The van der Waals surface area contributed by atoms with Crippen molar-refractivity contribution in [3.63, 3.8) is 0 Å². The van der Waals surface area contributed by atoms with Gasteiger partial charge in [0.1, 0.15) is 0 Å². The van der Waals surface area contributed by atoms with Crippen LogP contribution in [0.25, 0.3) is 5.69 Å². The zero-order valence-corrected chi connectivity index (χ0v) is 15.3. The molecule has 150 valence electrons. The molecule has 0 saturated carbocycles. The fourth-order valence-corrected chi connectivity index (χ4v) is 3.98. The Labute approximate surface area is 160 Å². The number of nitrogens with zero attached hydrogens (tertiary/aromatic N) is 4. The molecule has 0 aliphatic carbocycles. The van der Waals surface area contributed by atoms with E-state index in [0.717, 1.165) is 43.5 Å². The molecule has 0 spiro atoms. The Morgan fingerprint density at radius 1 is 1.11 bits per heavy atom. The molecule has 0 bridgehead atoms. The van der Waals surface area contributed by atoms with Gasteiger partial charge in [0.05, 0.1) is 17.4 Å². The Bertz CT molecular complexity index is 830. The molecule has 3 heterocycles. The van der Waals surface area contributed by atoms with Crippen LogP contribution in [0.3, 0.4) is 0 Å². The number of aromatic nitrogens is 2. The molecule has 1 atom stereocenters. The van der Waals surface area contributed by atoms with Gasteiger partial charge in [-0.2, -0.15) is 18.3 Å². The number of piperazine rings is 1. The summed E-state index contributed by atoms with van der Waals surface area (Å²) in [5.41, 5.74) is -1.14. The van der Waals surface area contributed by atoms with Crippen LogP contribution >= 0.6 is 0 Å². The van der Waals surface area contributed by atoms with Crippen molar-refractivity contribution in [3.05, 3.63) is 47.8 Å². The number of carbonyl (C=O) groups excluding carboxylic acids is 1. The molecule has 1 N–H and O–H groups in total. The number of hydrogen-bond donors (Lipinski definition) is 1. The summed E-state index contributed by atoms with van der Waals surface area (Å²) < 4.78 is 42.2. The van der Waals surface area contributed by atoms with Crippen molar-refractivity contribution in [2.24, 2.45) is 0 Å². The quantitative estimate of drug-likeness (QED) is 0.867. The van der Waals surface area contributed by atoms with Crippen LogP contribution in [0.1, 0.15) is 22.5 Å². The number of amides is 1. The molecule has 1 unspecified atom stereocenters. The van der Waals surface area contributed by atoms with Gasteiger partial charge in [0, 0.05) is 45.3 Å². The Balaban J connectivity index is 1.59. The zero-order chi connectivity index (χ0) is 19.7. The number of benzene rings is 1. The molecule has 1 aromatic heterocycles. The molecule has 2 aromatic rings.